The molecule has 104 valence electrons. The highest BCUT2D eigenvalue weighted by Crippen LogP contribution is 2.16. The van der Waals surface area contributed by atoms with Gasteiger partial charge in [0.1, 0.15) is 11.4 Å². The Hall–Kier alpha value is -2.31. The smallest absolute Gasteiger partial charge is 0.341 e. The van der Waals surface area contributed by atoms with Crippen molar-refractivity contribution in [2.45, 2.75) is 13.8 Å². The van der Waals surface area contributed by atoms with E-state index in [1.54, 1.807) is 6.92 Å². The standard InChI is InChI=1S/C12H18N4O3/c1-3-14-10(17)7-16-11-9(12(18)19-4-2)5-8(13)6-15-11/h5-6H,3-4,7,13H2,1-2H3,(H,14,17)(H,15,16). The van der Waals surface area contributed by atoms with Crippen molar-refractivity contribution in [1.82, 2.24) is 10.3 Å². The van der Waals surface area contributed by atoms with Gasteiger partial charge in [-0.15, -0.1) is 0 Å². The maximum Gasteiger partial charge on any atom is 0.341 e. The fourth-order valence-electron chi connectivity index (χ4n) is 1.41. The number of ether oxygens (including phenoxy) is 1. The summed E-state index contributed by atoms with van der Waals surface area (Å²) in [7, 11) is 0. The third-order valence-electron chi connectivity index (χ3n) is 2.19. The van der Waals surface area contributed by atoms with E-state index in [0.29, 0.717) is 12.2 Å². The summed E-state index contributed by atoms with van der Waals surface area (Å²) in [5.41, 5.74) is 6.16. The van der Waals surface area contributed by atoms with Gasteiger partial charge in [-0.3, -0.25) is 4.79 Å². The topological polar surface area (TPSA) is 106 Å². The minimum atomic E-state index is -0.527. The monoisotopic (exact) mass is 266 g/mol. The van der Waals surface area contributed by atoms with E-state index in [1.165, 1.54) is 12.3 Å². The minimum absolute atomic E-state index is 0.0250. The molecule has 0 unspecified atom stereocenters. The highest BCUT2D eigenvalue weighted by Gasteiger charge is 2.15. The highest BCUT2D eigenvalue weighted by molar-refractivity contribution is 5.96. The molecule has 0 aliphatic rings. The van der Waals surface area contributed by atoms with Crippen LogP contribution in [0.3, 0.4) is 0 Å². The molecule has 1 aromatic heterocycles. The van der Waals surface area contributed by atoms with Crippen molar-refractivity contribution in [1.29, 1.82) is 0 Å². The van der Waals surface area contributed by atoms with Gasteiger partial charge in [0, 0.05) is 6.54 Å². The van der Waals surface area contributed by atoms with Crippen molar-refractivity contribution in [3.05, 3.63) is 17.8 Å². The molecule has 7 nitrogen and oxygen atoms in total. The van der Waals surface area contributed by atoms with Crippen LogP contribution in [0.15, 0.2) is 12.3 Å². The fourth-order valence-corrected chi connectivity index (χ4v) is 1.41. The Kier molecular flexibility index (Phi) is 5.59. The summed E-state index contributed by atoms with van der Waals surface area (Å²) in [6, 6.07) is 1.46. The number of anilines is 2. The van der Waals surface area contributed by atoms with Crippen LogP contribution in [0.4, 0.5) is 11.5 Å². The zero-order chi connectivity index (χ0) is 14.3. The lowest BCUT2D eigenvalue weighted by atomic mass is 10.2. The SMILES string of the molecule is CCNC(=O)CNc1ncc(N)cc1C(=O)OCC. The normalized spacial score (nSPS) is 9.79. The molecule has 0 bridgehead atoms. The number of rotatable bonds is 6. The van der Waals surface area contributed by atoms with Crippen molar-refractivity contribution in [3.8, 4) is 0 Å². The zero-order valence-electron chi connectivity index (χ0n) is 11.0. The molecule has 1 rings (SSSR count). The number of nitrogens with two attached hydrogens (primary N) is 1. The Bertz CT molecular complexity index is 462. The summed E-state index contributed by atoms with van der Waals surface area (Å²) in [5.74, 6) is -0.435. The molecule has 0 radical (unpaired) electrons. The molecule has 4 N–H and O–H groups in total. The van der Waals surface area contributed by atoms with Crippen LogP contribution in [0.1, 0.15) is 24.2 Å². The Morgan fingerprint density at radius 2 is 2.16 bits per heavy atom. The number of pyridine rings is 1. The Morgan fingerprint density at radius 1 is 1.42 bits per heavy atom. The number of carbonyl (C=O) groups is 2. The molecule has 0 saturated carbocycles. The van der Waals surface area contributed by atoms with Gasteiger partial charge in [-0.1, -0.05) is 0 Å². The number of esters is 1. The van der Waals surface area contributed by atoms with Gasteiger partial charge in [-0.05, 0) is 19.9 Å². The minimum Gasteiger partial charge on any atom is -0.462 e. The lowest BCUT2D eigenvalue weighted by Gasteiger charge is -2.10. The fraction of sp³-hybridized carbons (Fsp3) is 0.417. The summed E-state index contributed by atoms with van der Waals surface area (Å²) in [5, 5.41) is 5.42. The van der Waals surface area contributed by atoms with E-state index in [9.17, 15) is 9.59 Å². The first kappa shape index (κ1) is 14.7. The van der Waals surface area contributed by atoms with Crippen LogP contribution in [0.2, 0.25) is 0 Å². The number of hydrogen-bond acceptors (Lipinski definition) is 6. The average molecular weight is 266 g/mol. The van der Waals surface area contributed by atoms with Gasteiger partial charge in [0.2, 0.25) is 5.91 Å². The molecule has 0 aromatic carbocycles. The first-order chi connectivity index (χ1) is 9.08. The number of hydrogen-bond donors (Lipinski definition) is 3. The van der Waals surface area contributed by atoms with Gasteiger partial charge in [-0.25, -0.2) is 9.78 Å². The lowest BCUT2D eigenvalue weighted by molar-refractivity contribution is -0.119. The Morgan fingerprint density at radius 3 is 2.79 bits per heavy atom. The molecule has 0 aliphatic carbocycles. The van der Waals surface area contributed by atoms with E-state index in [0.717, 1.165) is 0 Å². The van der Waals surface area contributed by atoms with Gasteiger partial charge in [0.25, 0.3) is 0 Å². The van der Waals surface area contributed by atoms with Crippen LogP contribution >= 0.6 is 0 Å². The summed E-state index contributed by atoms with van der Waals surface area (Å²) in [6.45, 7) is 4.35. The molecular weight excluding hydrogens is 248 g/mol. The van der Waals surface area contributed by atoms with E-state index < -0.39 is 5.97 Å². The first-order valence-electron chi connectivity index (χ1n) is 6.01. The number of nitrogen functional groups attached to an aromatic ring is 1. The van der Waals surface area contributed by atoms with Crippen LogP contribution in [-0.4, -0.2) is 36.6 Å². The number of carbonyl (C=O) groups excluding carboxylic acids is 2. The molecule has 19 heavy (non-hydrogen) atoms. The quantitative estimate of drug-likeness (QED) is 0.643. The first-order valence-corrected chi connectivity index (χ1v) is 6.01. The largest absolute Gasteiger partial charge is 0.462 e. The summed E-state index contributed by atoms with van der Waals surface area (Å²) >= 11 is 0. The number of amides is 1. The van der Waals surface area contributed by atoms with Crippen LogP contribution in [0.5, 0.6) is 0 Å². The Balaban J connectivity index is 2.82. The second-order valence-electron chi connectivity index (χ2n) is 3.69. The van der Waals surface area contributed by atoms with E-state index >= 15 is 0 Å². The third-order valence-corrected chi connectivity index (χ3v) is 2.19. The molecule has 7 heteroatoms. The average Bonchev–Trinajstić information content (AvgIpc) is 2.38. The second kappa shape index (κ2) is 7.20. The van der Waals surface area contributed by atoms with Gasteiger partial charge in [-0.2, -0.15) is 0 Å². The van der Waals surface area contributed by atoms with Gasteiger partial charge < -0.3 is 21.1 Å². The molecule has 0 atom stereocenters. The predicted molar refractivity (Wildman–Crippen MR) is 71.8 cm³/mol. The van der Waals surface area contributed by atoms with Crippen molar-refractivity contribution in [3.63, 3.8) is 0 Å². The number of nitrogens with zero attached hydrogens (tertiary/aromatic N) is 1. The van der Waals surface area contributed by atoms with Crippen molar-refractivity contribution < 1.29 is 14.3 Å². The molecule has 0 spiro atoms. The molecule has 0 fully saturated rings. The molecule has 0 aliphatic heterocycles. The van der Waals surface area contributed by atoms with Crippen LogP contribution in [-0.2, 0) is 9.53 Å². The van der Waals surface area contributed by atoms with Crippen molar-refractivity contribution >= 4 is 23.4 Å². The third kappa shape index (κ3) is 4.46. The van der Waals surface area contributed by atoms with Crippen LogP contribution < -0.4 is 16.4 Å². The number of nitrogens with one attached hydrogen (secondary N) is 2. The summed E-state index contributed by atoms with van der Waals surface area (Å²) in [6.07, 6.45) is 1.41. The molecular formula is C12H18N4O3. The number of likely N-dealkylation sites (N-methyl/N-ethyl adjacent to an activating group) is 1. The molecule has 0 saturated heterocycles. The van der Waals surface area contributed by atoms with E-state index in [4.69, 9.17) is 10.5 Å². The summed E-state index contributed by atoms with van der Waals surface area (Å²) < 4.78 is 4.90. The van der Waals surface area contributed by atoms with Gasteiger partial charge in [0.05, 0.1) is 25.0 Å². The molecule has 1 heterocycles. The maximum absolute atomic E-state index is 11.7. The molecule has 1 amide bonds. The van der Waals surface area contributed by atoms with E-state index in [1.807, 2.05) is 6.92 Å². The van der Waals surface area contributed by atoms with Gasteiger partial charge in [0.15, 0.2) is 0 Å². The van der Waals surface area contributed by atoms with Crippen molar-refractivity contribution in [2.75, 3.05) is 30.7 Å². The van der Waals surface area contributed by atoms with Crippen LogP contribution in [0, 0.1) is 0 Å². The summed E-state index contributed by atoms with van der Waals surface area (Å²) in [4.78, 5) is 27.1. The highest BCUT2D eigenvalue weighted by atomic mass is 16.5. The predicted octanol–water partition coefficient (Wildman–Crippen LogP) is 0.388. The maximum atomic E-state index is 11.7. The second-order valence-corrected chi connectivity index (χ2v) is 3.69. The molecule has 1 aromatic rings. The van der Waals surface area contributed by atoms with Crippen molar-refractivity contribution in [2.24, 2.45) is 0 Å². The Labute approximate surface area is 111 Å². The van der Waals surface area contributed by atoms with Gasteiger partial charge >= 0.3 is 5.97 Å². The van der Waals surface area contributed by atoms with E-state index in [-0.39, 0.29) is 30.4 Å². The zero-order valence-corrected chi connectivity index (χ0v) is 11.0. The lowest BCUT2D eigenvalue weighted by Crippen LogP contribution is -2.30. The van der Waals surface area contributed by atoms with Crippen LogP contribution in [0.25, 0.3) is 0 Å². The van der Waals surface area contributed by atoms with E-state index in [2.05, 4.69) is 15.6 Å². The number of aromatic nitrogens is 1.